The SMILES string of the molecule is CCOC(=O)c1[nH]c(C)c(C(O)=C2C(=O)C(=O)N(CCCN3CCOCC3)[C@@H]2c2cccnc2)c1C. The van der Waals surface area contributed by atoms with E-state index in [9.17, 15) is 19.5 Å². The van der Waals surface area contributed by atoms with Gasteiger partial charge in [-0.05, 0) is 44.4 Å². The summed E-state index contributed by atoms with van der Waals surface area (Å²) < 4.78 is 10.5. The Morgan fingerprint density at radius 1 is 1.25 bits per heavy atom. The summed E-state index contributed by atoms with van der Waals surface area (Å²) in [5.41, 5.74) is 2.08. The summed E-state index contributed by atoms with van der Waals surface area (Å²) in [5.74, 6) is -2.29. The van der Waals surface area contributed by atoms with Crippen LogP contribution in [0.25, 0.3) is 5.76 Å². The molecule has 0 bridgehead atoms. The number of morpholine rings is 1. The molecule has 1 amide bonds. The van der Waals surface area contributed by atoms with Crippen LogP contribution in [0.2, 0.25) is 0 Å². The van der Waals surface area contributed by atoms with Crippen LogP contribution in [0.3, 0.4) is 0 Å². The Balaban J connectivity index is 1.71. The van der Waals surface area contributed by atoms with Crippen molar-refractivity contribution in [2.24, 2.45) is 0 Å². The number of aryl methyl sites for hydroxylation is 1. The Morgan fingerprint density at radius 3 is 2.67 bits per heavy atom. The number of ketones is 1. The summed E-state index contributed by atoms with van der Waals surface area (Å²) in [7, 11) is 0. The lowest BCUT2D eigenvalue weighted by Crippen LogP contribution is -2.39. The van der Waals surface area contributed by atoms with E-state index < -0.39 is 23.7 Å². The molecule has 0 aliphatic carbocycles. The van der Waals surface area contributed by atoms with Crippen molar-refractivity contribution in [3.05, 3.63) is 58.2 Å². The molecule has 2 aromatic rings. The Kier molecular flexibility index (Phi) is 7.85. The van der Waals surface area contributed by atoms with Crippen LogP contribution < -0.4 is 0 Å². The van der Waals surface area contributed by atoms with E-state index >= 15 is 0 Å². The number of aliphatic hydroxyl groups excluding tert-OH is 1. The lowest BCUT2D eigenvalue weighted by Gasteiger charge is -2.29. The number of hydrogen-bond donors (Lipinski definition) is 2. The number of amides is 1. The molecule has 192 valence electrons. The van der Waals surface area contributed by atoms with E-state index in [0.717, 1.165) is 19.6 Å². The van der Waals surface area contributed by atoms with Gasteiger partial charge in [0, 0.05) is 49.8 Å². The number of hydrogen-bond acceptors (Lipinski definition) is 8. The first-order valence-corrected chi connectivity index (χ1v) is 12.2. The molecule has 2 aromatic heterocycles. The predicted octanol–water partition coefficient (Wildman–Crippen LogP) is 2.35. The molecule has 0 aromatic carbocycles. The highest BCUT2D eigenvalue weighted by Gasteiger charge is 2.46. The number of carbonyl (C=O) groups is 3. The molecular weight excluding hydrogens is 464 g/mol. The van der Waals surface area contributed by atoms with E-state index in [1.54, 1.807) is 45.3 Å². The van der Waals surface area contributed by atoms with Gasteiger partial charge in [0.1, 0.15) is 11.5 Å². The second-order valence-electron chi connectivity index (χ2n) is 8.93. The maximum atomic E-state index is 13.3. The van der Waals surface area contributed by atoms with Crippen LogP contribution in [-0.4, -0.2) is 88.5 Å². The number of rotatable bonds is 8. The highest BCUT2D eigenvalue weighted by molar-refractivity contribution is 6.46. The molecule has 4 rings (SSSR count). The standard InChI is InChI=1S/C26H32N4O6/c1-4-36-26(34)21-16(2)19(17(3)28-21)23(31)20-22(18-7-5-8-27-15-18)30(25(33)24(20)32)10-6-9-29-11-13-35-14-12-29/h5,7-8,15,22,28,31H,4,6,9-14H2,1-3H3/t22-/m1/s1. The van der Waals surface area contributed by atoms with Gasteiger partial charge < -0.3 is 24.5 Å². The minimum Gasteiger partial charge on any atom is -0.507 e. The fourth-order valence-corrected chi connectivity index (χ4v) is 4.93. The van der Waals surface area contributed by atoms with Gasteiger partial charge in [-0.25, -0.2) is 4.79 Å². The van der Waals surface area contributed by atoms with E-state index in [-0.39, 0.29) is 23.6 Å². The number of carbonyl (C=O) groups excluding carboxylic acids is 3. The summed E-state index contributed by atoms with van der Waals surface area (Å²) in [4.78, 5) is 49.8. The van der Waals surface area contributed by atoms with E-state index in [2.05, 4.69) is 14.9 Å². The van der Waals surface area contributed by atoms with Crippen molar-refractivity contribution in [1.82, 2.24) is 19.8 Å². The zero-order chi connectivity index (χ0) is 25.8. The van der Waals surface area contributed by atoms with Gasteiger partial charge in [-0.3, -0.25) is 19.5 Å². The van der Waals surface area contributed by atoms with Crippen LogP contribution in [0.1, 0.15) is 52.3 Å². The second-order valence-corrected chi connectivity index (χ2v) is 8.93. The van der Waals surface area contributed by atoms with E-state index in [4.69, 9.17) is 9.47 Å². The first-order valence-electron chi connectivity index (χ1n) is 12.2. The van der Waals surface area contributed by atoms with Gasteiger partial charge >= 0.3 is 5.97 Å². The normalized spacial score (nSPS) is 20.2. The third kappa shape index (κ3) is 4.91. The van der Waals surface area contributed by atoms with Gasteiger partial charge in [-0.2, -0.15) is 0 Å². The van der Waals surface area contributed by atoms with Gasteiger partial charge in [0.25, 0.3) is 11.7 Å². The summed E-state index contributed by atoms with van der Waals surface area (Å²) in [5, 5.41) is 11.4. The number of pyridine rings is 1. The molecule has 2 aliphatic heterocycles. The molecule has 0 unspecified atom stereocenters. The molecule has 10 heteroatoms. The fourth-order valence-electron chi connectivity index (χ4n) is 4.93. The Bertz CT molecular complexity index is 1170. The molecule has 36 heavy (non-hydrogen) atoms. The number of likely N-dealkylation sites (tertiary alicyclic amines) is 1. The highest BCUT2D eigenvalue weighted by Crippen LogP contribution is 2.40. The van der Waals surface area contributed by atoms with Crippen molar-refractivity contribution in [2.45, 2.75) is 33.2 Å². The minimum absolute atomic E-state index is 0.0139. The van der Waals surface area contributed by atoms with Crippen molar-refractivity contribution in [2.75, 3.05) is 46.0 Å². The maximum absolute atomic E-state index is 13.3. The van der Waals surface area contributed by atoms with Crippen LogP contribution >= 0.6 is 0 Å². The van der Waals surface area contributed by atoms with E-state index in [0.29, 0.717) is 48.6 Å². The van der Waals surface area contributed by atoms with Crippen molar-refractivity contribution in [3.63, 3.8) is 0 Å². The Labute approximate surface area is 209 Å². The lowest BCUT2D eigenvalue weighted by molar-refractivity contribution is -0.140. The molecule has 4 heterocycles. The maximum Gasteiger partial charge on any atom is 0.355 e. The van der Waals surface area contributed by atoms with Crippen molar-refractivity contribution >= 4 is 23.4 Å². The fraction of sp³-hybridized carbons (Fsp3) is 0.462. The van der Waals surface area contributed by atoms with Crippen LogP contribution in [-0.2, 0) is 19.1 Å². The van der Waals surface area contributed by atoms with Crippen LogP contribution in [0, 0.1) is 13.8 Å². The Morgan fingerprint density at radius 2 is 2.00 bits per heavy atom. The molecule has 2 aliphatic rings. The topological polar surface area (TPSA) is 125 Å². The third-order valence-electron chi connectivity index (χ3n) is 6.67. The van der Waals surface area contributed by atoms with Gasteiger partial charge in [-0.15, -0.1) is 0 Å². The summed E-state index contributed by atoms with van der Waals surface area (Å²) in [6.45, 7) is 9.42. The zero-order valence-electron chi connectivity index (χ0n) is 20.9. The predicted molar refractivity (Wildman–Crippen MR) is 131 cm³/mol. The van der Waals surface area contributed by atoms with Crippen LogP contribution in [0.4, 0.5) is 0 Å². The molecule has 10 nitrogen and oxygen atoms in total. The molecule has 2 N–H and O–H groups in total. The number of esters is 1. The number of aromatic nitrogens is 2. The number of H-pyrrole nitrogens is 1. The van der Waals surface area contributed by atoms with E-state index in [1.807, 2.05) is 0 Å². The van der Waals surface area contributed by atoms with Gasteiger partial charge in [0.05, 0.1) is 31.4 Å². The third-order valence-corrected chi connectivity index (χ3v) is 6.67. The van der Waals surface area contributed by atoms with Crippen molar-refractivity contribution < 1.29 is 29.0 Å². The number of nitrogens with zero attached hydrogens (tertiary/aromatic N) is 3. The number of aliphatic hydroxyl groups is 1. The molecule has 1 atom stereocenters. The monoisotopic (exact) mass is 496 g/mol. The van der Waals surface area contributed by atoms with Crippen LogP contribution in [0.15, 0.2) is 30.1 Å². The molecule has 2 saturated heterocycles. The highest BCUT2D eigenvalue weighted by atomic mass is 16.5. The average molecular weight is 497 g/mol. The quantitative estimate of drug-likeness (QED) is 0.247. The number of ether oxygens (including phenoxy) is 2. The molecule has 2 fully saturated rings. The molecule has 0 radical (unpaired) electrons. The molecule has 0 spiro atoms. The van der Waals surface area contributed by atoms with Gasteiger partial charge in [0.15, 0.2) is 0 Å². The van der Waals surface area contributed by atoms with Crippen LogP contribution in [0.5, 0.6) is 0 Å². The van der Waals surface area contributed by atoms with Gasteiger partial charge in [0.2, 0.25) is 0 Å². The van der Waals surface area contributed by atoms with Gasteiger partial charge in [-0.1, -0.05) is 6.07 Å². The minimum atomic E-state index is -0.789. The van der Waals surface area contributed by atoms with E-state index in [1.165, 1.54) is 4.90 Å². The number of Topliss-reactive ketones (excluding diaryl/α,β-unsaturated/α-hetero) is 1. The molecule has 0 saturated carbocycles. The summed E-state index contributed by atoms with van der Waals surface area (Å²) in [6.07, 6.45) is 3.87. The Hall–Kier alpha value is -3.50. The first kappa shape index (κ1) is 25.6. The number of nitrogens with one attached hydrogen (secondary N) is 1. The largest absolute Gasteiger partial charge is 0.507 e. The number of aromatic amines is 1. The summed E-state index contributed by atoms with van der Waals surface area (Å²) >= 11 is 0. The zero-order valence-corrected chi connectivity index (χ0v) is 20.9. The lowest BCUT2D eigenvalue weighted by atomic mass is 9.95. The van der Waals surface area contributed by atoms with Crippen molar-refractivity contribution in [1.29, 1.82) is 0 Å². The summed E-state index contributed by atoms with van der Waals surface area (Å²) in [6, 6.07) is 2.73. The molecular formula is C26H32N4O6. The second kappa shape index (κ2) is 11.0. The van der Waals surface area contributed by atoms with Crippen molar-refractivity contribution in [3.8, 4) is 0 Å². The average Bonchev–Trinajstić information content (AvgIpc) is 3.32. The smallest absolute Gasteiger partial charge is 0.355 e. The first-order chi connectivity index (χ1) is 17.3.